The monoisotopic (exact) mass is 237 g/mol. The van der Waals surface area contributed by atoms with Crippen LogP contribution in [-0.4, -0.2) is 55.5 Å². The molecule has 14 heavy (non-hydrogen) atoms. The Balaban J connectivity index is 2.16. The van der Waals surface area contributed by atoms with Crippen molar-refractivity contribution in [2.45, 2.75) is 19.1 Å². The minimum atomic E-state index is -2.71. The highest BCUT2D eigenvalue weighted by molar-refractivity contribution is 7.99. The topological polar surface area (TPSA) is 37.4 Å². The van der Waals surface area contributed by atoms with Crippen LogP contribution in [0, 0.1) is 0 Å². The van der Waals surface area contributed by atoms with Crippen LogP contribution in [0.25, 0.3) is 0 Å². The summed E-state index contributed by atoms with van der Waals surface area (Å²) < 4.78 is 22.3. The van der Waals surface area contributed by atoms with Crippen LogP contribution in [-0.2, 0) is 9.84 Å². The third-order valence-electron chi connectivity index (χ3n) is 2.30. The average molecular weight is 237 g/mol. The molecule has 1 aliphatic heterocycles. The zero-order valence-electron chi connectivity index (χ0n) is 8.90. The third-order valence-corrected chi connectivity index (χ3v) is 4.99. The average Bonchev–Trinajstić information content (AvgIpc) is 2.07. The summed E-state index contributed by atoms with van der Waals surface area (Å²) in [5.74, 6) is 1.80. The van der Waals surface area contributed by atoms with Crippen LogP contribution in [0.5, 0.6) is 0 Å². The van der Waals surface area contributed by atoms with Crippen LogP contribution in [0.1, 0.15) is 13.8 Å². The number of hydrogen-bond donors (Lipinski definition) is 0. The molecule has 1 heterocycles. The van der Waals surface area contributed by atoms with Crippen molar-refractivity contribution in [1.29, 1.82) is 0 Å². The fourth-order valence-electron chi connectivity index (χ4n) is 1.39. The van der Waals surface area contributed by atoms with Gasteiger partial charge in [0, 0.05) is 25.4 Å². The van der Waals surface area contributed by atoms with Crippen LogP contribution in [0.15, 0.2) is 0 Å². The van der Waals surface area contributed by atoms with Crippen molar-refractivity contribution in [3.05, 3.63) is 0 Å². The Morgan fingerprint density at radius 2 is 1.86 bits per heavy atom. The van der Waals surface area contributed by atoms with Crippen LogP contribution in [0.3, 0.4) is 0 Å². The molecule has 0 aromatic rings. The molecule has 0 bridgehead atoms. The molecule has 1 saturated heterocycles. The number of nitrogens with zero attached hydrogens (tertiary/aromatic N) is 1. The van der Waals surface area contributed by atoms with Crippen LogP contribution in [0.4, 0.5) is 0 Å². The highest BCUT2D eigenvalue weighted by atomic mass is 32.2. The Labute approximate surface area is 91.2 Å². The van der Waals surface area contributed by atoms with E-state index in [1.54, 1.807) is 0 Å². The molecule has 0 spiro atoms. The van der Waals surface area contributed by atoms with E-state index in [2.05, 4.69) is 18.7 Å². The van der Waals surface area contributed by atoms with Crippen LogP contribution >= 0.6 is 11.8 Å². The lowest BCUT2D eigenvalue weighted by molar-refractivity contribution is 0.314. The Morgan fingerprint density at radius 3 is 2.36 bits per heavy atom. The second-order valence-electron chi connectivity index (χ2n) is 3.91. The first kappa shape index (κ1) is 12.3. The van der Waals surface area contributed by atoms with Gasteiger partial charge in [-0.15, -0.1) is 0 Å². The lowest BCUT2D eigenvalue weighted by atomic mass is 10.5. The van der Waals surface area contributed by atoms with Crippen molar-refractivity contribution in [2.75, 3.05) is 36.9 Å². The normalized spacial score (nSPS) is 22.8. The molecule has 0 aliphatic carbocycles. The minimum absolute atomic E-state index is 0.347. The molecule has 0 N–H and O–H groups in total. The first-order chi connectivity index (χ1) is 6.49. The van der Waals surface area contributed by atoms with Gasteiger partial charge in [-0.1, -0.05) is 13.8 Å². The van der Waals surface area contributed by atoms with Gasteiger partial charge in [-0.3, -0.25) is 0 Å². The standard InChI is InChI=1S/C9H19NO2S2/c1-9(2)13-6-3-10-4-7-14(11,12)8-5-10/h9H,3-8H2,1-2H3. The number of rotatable bonds is 4. The summed E-state index contributed by atoms with van der Waals surface area (Å²) in [5, 5.41) is 0.670. The van der Waals surface area contributed by atoms with Gasteiger partial charge in [0.1, 0.15) is 0 Å². The van der Waals surface area contributed by atoms with Gasteiger partial charge in [0.2, 0.25) is 0 Å². The largest absolute Gasteiger partial charge is 0.301 e. The van der Waals surface area contributed by atoms with E-state index in [-0.39, 0.29) is 0 Å². The van der Waals surface area contributed by atoms with Crippen molar-refractivity contribution in [3.63, 3.8) is 0 Å². The lowest BCUT2D eigenvalue weighted by Gasteiger charge is -2.26. The fraction of sp³-hybridized carbons (Fsp3) is 1.00. The van der Waals surface area contributed by atoms with Crippen molar-refractivity contribution in [3.8, 4) is 0 Å². The predicted octanol–water partition coefficient (Wildman–Crippen LogP) is 0.858. The van der Waals surface area contributed by atoms with Gasteiger partial charge in [0.05, 0.1) is 11.5 Å². The molecule has 3 nitrogen and oxygen atoms in total. The summed E-state index contributed by atoms with van der Waals surface area (Å²) >= 11 is 1.93. The zero-order valence-corrected chi connectivity index (χ0v) is 10.5. The second-order valence-corrected chi connectivity index (χ2v) is 7.90. The Hall–Kier alpha value is 0.260. The van der Waals surface area contributed by atoms with Crippen LogP contribution in [0.2, 0.25) is 0 Å². The first-order valence-electron chi connectivity index (χ1n) is 5.04. The SMILES string of the molecule is CC(C)SCCN1CCS(=O)(=O)CC1. The molecule has 0 radical (unpaired) electrons. The molecule has 0 saturated carbocycles. The van der Waals surface area contributed by atoms with E-state index < -0.39 is 9.84 Å². The summed E-state index contributed by atoms with van der Waals surface area (Å²) in [5.41, 5.74) is 0. The predicted molar refractivity (Wildman–Crippen MR) is 62.7 cm³/mol. The smallest absolute Gasteiger partial charge is 0.152 e. The molecule has 1 aliphatic rings. The maximum absolute atomic E-state index is 11.1. The van der Waals surface area contributed by atoms with Crippen molar-refractivity contribution >= 4 is 21.6 Å². The summed E-state index contributed by atoms with van der Waals surface area (Å²) in [4.78, 5) is 2.25. The molecular weight excluding hydrogens is 218 g/mol. The minimum Gasteiger partial charge on any atom is -0.301 e. The maximum atomic E-state index is 11.1. The van der Waals surface area contributed by atoms with Gasteiger partial charge < -0.3 is 4.90 Å². The molecule has 84 valence electrons. The summed E-state index contributed by atoms with van der Waals surface area (Å²) in [7, 11) is -2.71. The summed E-state index contributed by atoms with van der Waals surface area (Å²) in [6.45, 7) is 6.84. The summed E-state index contributed by atoms with van der Waals surface area (Å²) in [6.07, 6.45) is 0. The highest BCUT2D eigenvalue weighted by Gasteiger charge is 2.20. The lowest BCUT2D eigenvalue weighted by Crippen LogP contribution is -2.41. The van der Waals surface area contributed by atoms with E-state index in [0.717, 1.165) is 25.4 Å². The van der Waals surface area contributed by atoms with E-state index >= 15 is 0 Å². The highest BCUT2D eigenvalue weighted by Crippen LogP contribution is 2.10. The van der Waals surface area contributed by atoms with Gasteiger partial charge in [0.25, 0.3) is 0 Å². The number of sulfone groups is 1. The number of thioether (sulfide) groups is 1. The van der Waals surface area contributed by atoms with Gasteiger partial charge >= 0.3 is 0 Å². The molecule has 0 unspecified atom stereocenters. The van der Waals surface area contributed by atoms with Gasteiger partial charge in [-0.25, -0.2) is 8.42 Å². The van der Waals surface area contributed by atoms with E-state index in [9.17, 15) is 8.42 Å². The van der Waals surface area contributed by atoms with E-state index in [0.29, 0.717) is 16.8 Å². The van der Waals surface area contributed by atoms with Crippen molar-refractivity contribution < 1.29 is 8.42 Å². The quantitative estimate of drug-likeness (QED) is 0.727. The third kappa shape index (κ3) is 4.66. The fourth-order valence-corrected chi connectivity index (χ4v) is 3.50. The molecule has 0 atom stereocenters. The molecule has 0 aromatic carbocycles. The second kappa shape index (κ2) is 5.37. The van der Waals surface area contributed by atoms with Gasteiger partial charge in [-0.05, 0) is 5.25 Å². The Kier molecular flexibility index (Phi) is 4.73. The van der Waals surface area contributed by atoms with E-state index in [1.807, 2.05) is 11.8 Å². The molecule has 1 fully saturated rings. The van der Waals surface area contributed by atoms with Crippen molar-refractivity contribution in [1.82, 2.24) is 4.90 Å². The molecule has 5 heteroatoms. The van der Waals surface area contributed by atoms with Gasteiger partial charge in [0.15, 0.2) is 9.84 Å². The van der Waals surface area contributed by atoms with Crippen LogP contribution < -0.4 is 0 Å². The molecule has 0 aromatic heterocycles. The Morgan fingerprint density at radius 1 is 1.29 bits per heavy atom. The van der Waals surface area contributed by atoms with Crippen molar-refractivity contribution in [2.24, 2.45) is 0 Å². The van der Waals surface area contributed by atoms with E-state index in [4.69, 9.17) is 0 Å². The Bertz CT molecular complexity index is 248. The zero-order chi connectivity index (χ0) is 10.6. The molecule has 1 rings (SSSR count). The molecular formula is C9H19NO2S2. The van der Waals surface area contributed by atoms with E-state index in [1.165, 1.54) is 0 Å². The first-order valence-corrected chi connectivity index (χ1v) is 7.91. The maximum Gasteiger partial charge on any atom is 0.152 e. The van der Waals surface area contributed by atoms with Gasteiger partial charge in [-0.2, -0.15) is 11.8 Å². The summed E-state index contributed by atoms with van der Waals surface area (Å²) in [6, 6.07) is 0. The number of hydrogen-bond acceptors (Lipinski definition) is 4. The molecule has 0 amide bonds.